The summed E-state index contributed by atoms with van der Waals surface area (Å²) < 4.78 is 38.2. The van der Waals surface area contributed by atoms with E-state index in [0.29, 0.717) is 0 Å². The highest BCUT2D eigenvalue weighted by Gasteiger charge is 2.27. The van der Waals surface area contributed by atoms with Gasteiger partial charge in [0.25, 0.3) is 0 Å². The molecule has 0 heterocycles. The van der Waals surface area contributed by atoms with Gasteiger partial charge in [-0.25, -0.2) is 13.2 Å². The van der Waals surface area contributed by atoms with Gasteiger partial charge in [-0.2, -0.15) is 0 Å². The Hall–Kier alpha value is -1.79. The fourth-order valence-electron chi connectivity index (χ4n) is 1.02. The van der Waals surface area contributed by atoms with E-state index in [4.69, 9.17) is 5.73 Å². The van der Waals surface area contributed by atoms with Crippen LogP contribution in [0.2, 0.25) is 0 Å². The summed E-state index contributed by atoms with van der Waals surface area (Å²) in [5.74, 6) is -5.13. The second-order valence-electron chi connectivity index (χ2n) is 2.59. The van der Waals surface area contributed by atoms with Crippen LogP contribution in [0.1, 0.15) is 5.56 Å². The van der Waals surface area contributed by atoms with Crippen LogP contribution in [0.5, 0.6) is 0 Å². The Labute approximate surface area is 76.3 Å². The molecule has 1 rings (SSSR count). The summed E-state index contributed by atoms with van der Waals surface area (Å²) in [5, 5.41) is 10.3. The first-order chi connectivity index (χ1) is 6.37. The quantitative estimate of drug-likeness (QED) is 0.330. The molecule has 0 aliphatic heterocycles. The molecule has 0 radical (unpaired) electrons. The van der Waals surface area contributed by atoms with Gasteiger partial charge < -0.3 is 5.73 Å². The zero-order chi connectivity index (χ0) is 11.0. The van der Waals surface area contributed by atoms with Crippen molar-refractivity contribution >= 4 is 11.4 Å². The van der Waals surface area contributed by atoms with E-state index in [0.717, 1.165) is 6.92 Å². The van der Waals surface area contributed by atoms with Gasteiger partial charge in [0.05, 0.1) is 10.5 Å². The fourth-order valence-corrected chi connectivity index (χ4v) is 1.02. The van der Waals surface area contributed by atoms with Crippen molar-refractivity contribution in [2.75, 3.05) is 5.73 Å². The lowest BCUT2D eigenvalue weighted by molar-refractivity contribution is -0.384. The van der Waals surface area contributed by atoms with Crippen molar-refractivity contribution in [1.82, 2.24) is 0 Å². The van der Waals surface area contributed by atoms with Crippen molar-refractivity contribution in [1.29, 1.82) is 0 Å². The first kappa shape index (κ1) is 10.3. The van der Waals surface area contributed by atoms with Crippen molar-refractivity contribution in [3.8, 4) is 0 Å². The van der Waals surface area contributed by atoms with Gasteiger partial charge in [0.1, 0.15) is 0 Å². The molecule has 76 valence electrons. The lowest BCUT2D eigenvalue weighted by atomic mass is 10.1. The Morgan fingerprint density at radius 3 is 2.14 bits per heavy atom. The highest BCUT2D eigenvalue weighted by molar-refractivity contribution is 5.63. The molecule has 0 atom stereocenters. The summed E-state index contributed by atoms with van der Waals surface area (Å²) in [4.78, 5) is 9.27. The van der Waals surface area contributed by atoms with Gasteiger partial charge in [-0.1, -0.05) is 0 Å². The Balaban J connectivity index is 3.68. The number of halogens is 3. The number of benzene rings is 1. The van der Waals surface area contributed by atoms with Gasteiger partial charge in [0, 0.05) is 0 Å². The first-order valence-electron chi connectivity index (χ1n) is 3.44. The summed E-state index contributed by atoms with van der Waals surface area (Å²) in [6.07, 6.45) is 0. The maximum absolute atomic E-state index is 12.8. The standard InChI is InChI=1S/C7H5F3N2O2/c1-2-3(8)4(9)5(10)6(11)7(2)12(13)14/h11H2,1H3. The number of hydrogen-bond donors (Lipinski definition) is 1. The van der Waals surface area contributed by atoms with Crippen LogP contribution in [0.3, 0.4) is 0 Å². The highest BCUT2D eigenvalue weighted by atomic mass is 19.2. The first-order valence-corrected chi connectivity index (χ1v) is 3.44. The summed E-state index contributed by atoms with van der Waals surface area (Å²) in [6.45, 7) is 0.951. The molecule has 0 amide bonds. The van der Waals surface area contributed by atoms with E-state index in [1.54, 1.807) is 0 Å². The van der Waals surface area contributed by atoms with Gasteiger partial charge in [0.15, 0.2) is 23.1 Å². The Morgan fingerprint density at radius 2 is 1.71 bits per heavy atom. The summed E-state index contributed by atoms with van der Waals surface area (Å²) >= 11 is 0. The van der Waals surface area contributed by atoms with Crippen LogP contribution in [0.4, 0.5) is 24.5 Å². The topological polar surface area (TPSA) is 69.2 Å². The molecule has 0 bridgehead atoms. The molecule has 0 aliphatic carbocycles. The van der Waals surface area contributed by atoms with Crippen LogP contribution in [0.25, 0.3) is 0 Å². The fraction of sp³-hybridized carbons (Fsp3) is 0.143. The number of nitrogens with zero attached hydrogens (tertiary/aromatic N) is 1. The predicted molar refractivity (Wildman–Crippen MR) is 42.1 cm³/mol. The number of nitro benzene ring substituents is 1. The van der Waals surface area contributed by atoms with Gasteiger partial charge in [0.2, 0.25) is 0 Å². The van der Waals surface area contributed by atoms with Crippen LogP contribution >= 0.6 is 0 Å². The largest absolute Gasteiger partial charge is 0.391 e. The molecule has 7 heteroatoms. The van der Waals surface area contributed by atoms with Crippen molar-refractivity contribution in [3.63, 3.8) is 0 Å². The maximum Gasteiger partial charge on any atom is 0.301 e. The SMILES string of the molecule is Cc1c(F)c(F)c(F)c(N)c1[N+](=O)[O-]. The Morgan fingerprint density at radius 1 is 1.21 bits per heavy atom. The number of rotatable bonds is 1. The van der Waals surface area contributed by atoms with Crippen molar-refractivity contribution < 1.29 is 18.1 Å². The number of nitrogens with two attached hydrogens (primary N) is 1. The third kappa shape index (κ3) is 1.26. The lowest BCUT2D eigenvalue weighted by Crippen LogP contribution is -2.06. The molecule has 0 aliphatic rings. The smallest absolute Gasteiger partial charge is 0.301 e. The zero-order valence-corrected chi connectivity index (χ0v) is 6.97. The maximum atomic E-state index is 12.8. The van der Waals surface area contributed by atoms with E-state index in [-0.39, 0.29) is 0 Å². The van der Waals surface area contributed by atoms with Crippen molar-refractivity contribution in [3.05, 3.63) is 33.1 Å². The van der Waals surface area contributed by atoms with E-state index in [1.807, 2.05) is 0 Å². The number of hydrogen-bond acceptors (Lipinski definition) is 3. The minimum Gasteiger partial charge on any atom is -0.391 e. The average molecular weight is 206 g/mol. The second-order valence-corrected chi connectivity index (χ2v) is 2.59. The minimum atomic E-state index is -1.80. The van der Waals surface area contributed by atoms with Gasteiger partial charge in [-0.05, 0) is 6.92 Å². The van der Waals surface area contributed by atoms with E-state index < -0.39 is 39.3 Å². The van der Waals surface area contributed by atoms with Crippen LogP contribution in [0.15, 0.2) is 0 Å². The van der Waals surface area contributed by atoms with Crippen LogP contribution in [0, 0.1) is 34.5 Å². The third-order valence-electron chi connectivity index (χ3n) is 1.74. The molecule has 0 unspecified atom stereocenters. The van der Waals surface area contributed by atoms with E-state index in [9.17, 15) is 23.3 Å². The van der Waals surface area contributed by atoms with Crippen molar-refractivity contribution in [2.24, 2.45) is 0 Å². The molecule has 2 N–H and O–H groups in total. The molecule has 1 aromatic rings. The van der Waals surface area contributed by atoms with E-state index in [2.05, 4.69) is 0 Å². The summed E-state index contributed by atoms with van der Waals surface area (Å²) in [6, 6.07) is 0. The number of nitro groups is 1. The predicted octanol–water partition coefficient (Wildman–Crippen LogP) is 1.90. The molecule has 14 heavy (non-hydrogen) atoms. The number of anilines is 1. The van der Waals surface area contributed by atoms with E-state index >= 15 is 0 Å². The average Bonchev–Trinajstić information content (AvgIpc) is 2.11. The zero-order valence-electron chi connectivity index (χ0n) is 6.97. The normalized spacial score (nSPS) is 10.3. The molecular formula is C7H5F3N2O2. The van der Waals surface area contributed by atoms with Gasteiger partial charge in [-0.3, -0.25) is 10.1 Å². The van der Waals surface area contributed by atoms with Gasteiger partial charge >= 0.3 is 5.69 Å². The molecular weight excluding hydrogens is 201 g/mol. The Bertz CT molecular complexity index is 391. The number of nitrogen functional groups attached to an aromatic ring is 1. The van der Waals surface area contributed by atoms with Crippen LogP contribution in [-0.4, -0.2) is 4.92 Å². The molecule has 4 nitrogen and oxygen atoms in total. The molecule has 0 fully saturated rings. The molecule has 0 spiro atoms. The highest BCUT2D eigenvalue weighted by Crippen LogP contribution is 2.32. The molecule has 0 saturated heterocycles. The van der Waals surface area contributed by atoms with Crippen LogP contribution < -0.4 is 5.73 Å². The monoisotopic (exact) mass is 206 g/mol. The third-order valence-corrected chi connectivity index (χ3v) is 1.74. The molecule has 0 aromatic heterocycles. The second kappa shape index (κ2) is 3.17. The van der Waals surface area contributed by atoms with E-state index in [1.165, 1.54) is 0 Å². The van der Waals surface area contributed by atoms with Crippen molar-refractivity contribution in [2.45, 2.75) is 6.92 Å². The molecule has 0 saturated carbocycles. The Kier molecular flexibility index (Phi) is 2.33. The minimum absolute atomic E-state index is 0.619. The van der Waals surface area contributed by atoms with Gasteiger partial charge in [-0.15, -0.1) is 0 Å². The molecule has 1 aromatic carbocycles. The summed E-state index contributed by atoms with van der Waals surface area (Å²) in [7, 11) is 0. The van der Waals surface area contributed by atoms with Crippen LogP contribution in [-0.2, 0) is 0 Å². The lowest BCUT2D eigenvalue weighted by Gasteiger charge is -2.04. The summed E-state index contributed by atoms with van der Waals surface area (Å²) in [5.41, 5.74) is 2.37.